The minimum absolute atomic E-state index is 0.104. The van der Waals surface area contributed by atoms with Crippen LogP contribution in [0.1, 0.15) is 45.6 Å². The first-order valence-electron chi connectivity index (χ1n) is 10.1. The molecule has 0 bridgehead atoms. The molecular formula is C21H26ClN3O5S. The number of nitriles is 1. The topological polar surface area (TPSA) is 108 Å². The molecule has 0 N–H and O–H groups in total. The van der Waals surface area contributed by atoms with Gasteiger partial charge in [-0.15, -0.1) is 0 Å². The number of hydrogen-bond donors (Lipinski definition) is 0. The molecule has 31 heavy (non-hydrogen) atoms. The molecule has 1 aliphatic heterocycles. The maximum absolute atomic E-state index is 13.4. The molecular weight excluding hydrogens is 442 g/mol. The molecule has 0 unspecified atom stereocenters. The maximum atomic E-state index is 13.4. The van der Waals surface area contributed by atoms with E-state index in [4.69, 9.17) is 16.3 Å². The summed E-state index contributed by atoms with van der Waals surface area (Å²) in [6.45, 7) is 6.52. The molecule has 0 radical (unpaired) electrons. The normalized spacial score (nSPS) is 21.5. The van der Waals surface area contributed by atoms with Gasteiger partial charge in [0.05, 0.1) is 10.1 Å². The summed E-state index contributed by atoms with van der Waals surface area (Å²) in [5.41, 5.74) is -0.331. The minimum atomic E-state index is -3.86. The quantitative estimate of drug-likeness (QED) is 0.496. The molecule has 2 aliphatic rings. The molecule has 2 fully saturated rings. The van der Waals surface area contributed by atoms with E-state index in [9.17, 15) is 23.3 Å². The fourth-order valence-corrected chi connectivity index (χ4v) is 5.84. The highest BCUT2D eigenvalue weighted by molar-refractivity contribution is 7.92. The van der Waals surface area contributed by atoms with Crippen molar-refractivity contribution in [2.24, 2.45) is 0 Å². The second-order valence-electron chi connectivity index (χ2n) is 9.00. The van der Waals surface area contributed by atoms with Crippen molar-refractivity contribution in [1.29, 1.82) is 5.26 Å². The lowest BCUT2D eigenvalue weighted by Gasteiger charge is -2.29. The summed E-state index contributed by atoms with van der Waals surface area (Å²) < 4.78 is 32.1. The van der Waals surface area contributed by atoms with Crippen molar-refractivity contribution in [3.8, 4) is 6.19 Å². The Morgan fingerprint density at radius 3 is 2.45 bits per heavy atom. The molecule has 8 nitrogen and oxygen atoms in total. The van der Waals surface area contributed by atoms with E-state index in [1.54, 1.807) is 33.8 Å². The van der Waals surface area contributed by atoms with Crippen molar-refractivity contribution >= 4 is 33.4 Å². The van der Waals surface area contributed by atoms with Crippen LogP contribution in [0.4, 0.5) is 4.79 Å². The lowest BCUT2D eigenvalue weighted by molar-refractivity contribution is -0.133. The minimum Gasteiger partial charge on any atom is -0.444 e. The fourth-order valence-electron chi connectivity index (χ4n) is 3.69. The molecule has 3 rings (SSSR count). The Bertz CT molecular complexity index is 1040. The van der Waals surface area contributed by atoms with Crippen LogP contribution in [0.15, 0.2) is 23.1 Å². The Morgan fingerprint density at radius 2 is 1.94 bits per heavy atom. The first-order valence-corrected chi connectivity index (χ1v) is 12.0. The predicted octanol–water partition coefficient (Wildman–Crippen LogP) is 3.27. The van der Waals surface area contributed by atoms with E-state index in [0.29, 0.717) is 23.4 Å². The van der Waals surface area contributed by atoms with E-state index in [2.05, 4.69) is 0 Å². The van der Waals surface area contributed by atoms with Crippen LogP contribution in [0.5, 0.6) is 0 Å². The van der Waals surface area contributed by atoms with Crippen molar-refractivity contribution in [2.75, 3.05) is 6.54 Å². The molecule has 0 aromatic heterocycles. The highest BCUT2D eigenvalue weighted by Crippen LogP contribution is 2.34. The van der Waals surface area contributed by atoms with E-state index < -0.39 is 38.7 Å². The summed E-state index contributed by atoms with van der Waals surface area (Å²) in [5.74, 6) is -0.568. The molecule has 1 heterocycles. The summed E-state index contributed by atoms with van der Waals surface area (Å²) in [7, 11) is -3.86. The summed E-state index contributed by atoms with van der Waals surface area (Å²) in [6, 6.07) is 3.22. The maximum Gasteiger partial charge on any atom is 0.411 e. The van der Waals surface area contributed by atoms with E-state index >= 15 is 0 Å². The van der Waals surface area contributed by atoms with Crippen molar-refractivity contribution in [3.05, 3.63) is 28.8 Å². The molecule has 1 saturated carbocycles. The van der Waals surface area contributed by atoms with Crippen molar-refractivity contribution in [2.45, 2.75) is 74.8 Å². The van der Waals surface area contributed by atoms with Gasteiger partial charge in [-0.2, -0.15) is 5.26 Å². The number of carbonyl (C=O) groups excluding carboxylic acids is 2. The van der Waals surface area contributed by atoms with E-state index in [1.807, 2.05) is 6.19 Å². The van der Waals surface area contributed by atoms with E-state index in [-0.39, 0.29) is 23.9 Å². The molecule has 1 aromatic rings. The van der Waals surface area contributed by atoms with Gasteiger partial charge in [-0.25, -0.2) is 18.1 Å². The van der Waals surface area contributed by atoms with Gasteiger partial charge in [0.2, 0.25) is 0 Å². The van der Waals surface area contributed by atoms with Gasteiger partial charge in [0.15, 0.2) is 16.0 Å². The monoisotopic (exact) mass is 467 g/mol. The number of halogens is 1. The van der Waals surface area contributed by atoms with Crippen molar-refractivity contribution in [1.82, 2.24) is 9.80 Å². The number of likely N-dealkylation sites (tertiary alicyclic amines) is 1. The molecule has 0 spiro atoms. The third-order valence-corrected chi connectivity index (χ3v) is 7.84. The Kier molecular flexibility index (Phi) is 6.27. The molecule has 10 heteroatoms. The number of aryl methyl sites for hydroxylation is 1. The van der Waals surface area contributed by atoms with Crippen LogP contribution in [-0.4, -0.2) is 59.7 Å². The zero-order valence-corrected chi connectivity index (χ0v) is 19.5. The Labute approximate surface area is 187 Å². The molecule has 2 amide bonds. The van der Waals surface area contributed by atoms with Crippen molar-refractivity contribution in [3.63, 3.8) is 0 Å². The van der Waals surface area contributed by atoms with Crippen LogP contribution in [0, 0.1) is 18.4 Å². The summed E-state index contributed by atoms with van der Waals surface area (Å²) in [4.78, 5) is 28.2. The Balaban J connectivity index is 1.94. The molecule has 168 valence electrons. The highest BCUT2D eigenvalue weighted by Gasteiger charge is 2.49. The summed E-state index contributed by atoms with van der Waals surface area (Å²) >= 11 is 5.96. The van der Waals surface area contributed by atoms with Gasteiger partial charge in [-0.05, 0) is 70.7 Å². The SMILES string of the molecule is Cc1cc(Cl)ccc1S(=O)(=O)[C@@H]1C[C@@H](C(=O)N(C#N)C2CC2)N(C(=O)OC(C)(C)C)C1. The zero-order chi connectivity index (χ0) is 23.1. The fraction of sp³-hybridized carbons (Fsp3) is 0.571. The Hall–Kier alpha value is -2.31. The molecule has 1 aromatic carbocycles. The first-order chi connectivity index (χ1) is 14.3. The third kappa shape index (κ3) is 4.96. The number of rotatable bonds is 4. The lowest BCUT2D eigenvalue weighted by atomic mass is 10.2. The van der Waals surface area contributed by atoms with Gasteiger partial charge in [0.1, 0.15) is 11.6 Å². The van der Waals surface area contributed by atoms with Gasteiger partial charge in [-0.1, -0.05) is 11.6 Å². The number of ether oxygens (including phenoxy) is 1. The average molecular weight is 468 g/mol. The number of sulfone groups is 1. The molecule has 2 atom stereocenters. The Morgan fingerprint density at radius 1 is 1.29 bits per heavy atom. The molecule has 1 aliphatic carbocycles. The number of nitrogens with zero attached hydrogens (tertiary/aromatic N) is 3. The third-order valence-electron chi connectivity index (χ3n) is 5.32. The van der Waals surface area contributed by atoms with Crippen LogP contribution in [0.2, 0.25) is 5.02 Å². The number of amides is 2. The van der Waals surface area contributed by atoms with Crippen LogP contribution >= 0.6 is 11.6 Å². The standard InChI is InChI=1S/C21H26ClN3O5S/c1-13-9-14(22)5-8-18(13)31(28,29)16-10-17(19(26)25(12-23)15-6-7-15)24(11-16)20(27)30-21(2,3)4/h5,8-9,15-17H,6-7,10-11H2,1-4H3/t16-,17+/m1/s1. The van der Waals surface area contributed by atoms with E-state index in [1.165, 1.54) is 12.1 Å². The van der Waals surface area contributed by atoms with Crippen LogP contribution in [-0.2, 0) is 19.4 Å². The highest BCUT2D eigenvalue weighted by atomic mass is 35.5. The second-order valence-corrected chi connectivity index (χ2v) is 11.6. The van der Waals surface area contributed by atoms with Crippen LogP contribution in [0.3, 0.4) is 0 Å². The lowest BCUT2D eigenvalue weighted by Crippen LogP contribution is -2.48. The summed E-state index contributed by atoms with van der Waals surface area (Å²) in [6.07, 6.45) is 2.44. The first kappa shape index (κ1) is 23.4. The molecule has 1 saturated heterocycles. The smallest absolute Gasteiger partial charge is 0.411 e. The predicted molar refractivity (Wildman–Crippen MR) is 114 cm³/mol. The number of benzene rings is 1. The van der Waals surface area contributed by atoms with Gasteiger partial charge in [0, 0.05) is 17.6 Å². The van der Waals surface area contributed by atoms with E-state index in [0.717, 1.165) is 9.80 Å². The second kappa shape index (κ2) is 8.32. The largest absolute Gasteiger partial charge is 0.444 e. The van der Waals surface area contributed by atoms with Crippen LogP contribution in [0.25, 0.3) is 0 Å². The number of hydrogen-bond acceptors (Lipinski definition) is 6. The number of carbonyl (C=O) groups is 2. The summed E-state index contributed by atoms with van der Waals surface area (Å²) in [5, 5.41) is 8.85. The van der Waals surface area contributed by atoms with Gasteiger partial charge >= 0.3 is 6.09 Å². The average Bonchev–Trinajstić information content (AvgIpc) is 3.36. The van der Waals surface area contributed by atoms with Gasteiger partial charge < -0.3 is 4.74 Å². The van der Waals surface area contributed by atoms with Gasteiger partial charge in [0.25, 0.3) is 5.91 Å². The zero-order valence-electron chi connectivity index (χ0n) is 18.0. The van der Waals surface area contributed by atoms with Gasteiger partial charge in [-0.3, -0.25) is 9.69 Å². The van der Waals surface area contributed by atoms with Crippen molar-refractivity contribution < 1.29 is 22.7 Å². The van der Waals surface area contributed by atoms with Crippen LogP contribution < -0.4 is 0 Å².